The first kappa shape index (κ1) is 10.7. The number of benzene rings is 1. The molecule has 1 aromatic rings. The first-order chi connectivity index (χ1) is 7.19. The Bertz CT molecular complexity index is 350. The second kappa shape index (κ2) is 4.39. The molecule has 0 amide bonds. The largest absolute Gasteiger partial charge is 0.398 e. The average Bonchev–Trinajstić information content (AvgIpc) is 2.16. The van der Waals surface area contributed by atoms with E-state index in [1.54, 1.807) is 7.11 Å². The first-order valence-electron chi connectivity index (χ1n) is 4.98. The maximum Gasteiger partial charge on any atom is 0.0825 e. The summed E-state index contributed by atoms with van der Waals surface area (Å²) in [6, 6.07) is 5.80. The lowest BCUT2D eigenvalue weighted by Crippen LogP contribution is -2.50. The lowest BCUT2D eigenvalue weighted by atomic mass is 10.1. The number of likely N-dealkylation sites (tertiary alicyclic amines) is 1. The number of halogens is 1. The van der Waals surface area contributed by atoms with Crippen LogP contribution in [0.3, 0.4) is 0 Å². The molecule has 1 fully saturated rings. The van der Waals surface area contributed by atoms with Gasteiger partial charge in [0.1, 0.15) is 0 Å². The summed E-state index contributed by atoms with van der Waals surface area (Å²) in [7, 11) is 1.75. The van der Waals surface area contributed by atoms with Crippen molar-refractivity contribution in [2.24, 2.45) is 0 Å². The van der Waals surface area contributed by atoms with E-state index >= 15 is 0 Å². The van der Waals surface area contributed by atoms with E-state index in [0.29, 0.717) is 16.8 Å². The fourth-order valence-electron chi connectivity index (χ4n) is 1.73. The summed E-state index contributed by atoms with van der Waals surface area (Å²) in [6.45, 7) is 2.91. The maximum absolute atomic E-state index is 5.95. The van der Waals surface area contributed by atoms with Gasteiger partial charge in [0.2, 0.25) is 0 Å². The van der Waals surface area contributed by atoms with Crippen LogP contribution in [-0.2, 0) is 11.3 Å². The Morgan fingerprint density at radius 1 is 1.53 bits per heavy atom. The second-order valence-corrected chi connectivity index (χ2v) is 4.31. The standard InChI is InChI=1S/C11H15ClN2O/c1-15-9-6-14(7-9)5-8-2-3-11(13)10(12)4-8/h2-4,9H,5-7,13H2,1H3. The van der Waals surface area contributed by atoms with Crippen molar-refractivity contribution in [2.45, 2.75) is 12.6 Å². The Morgan fingerprint density at radius 3 is 2.87 bits per heavy atom. The van der Waals surface area contributed by atoms with Gasteiger partial charge < -0.3 is 10.5 Å². The summed E-state index contributed by atoms with van der Waals surface area (Å²) < 4.78 is 5.21. The molecule has 0 aromatic heterocycles. The van der Waals surface area contributed by atoms with Gasteiger partial charge in [-0.1, -0.05) is 17.7 Å². The third-order valence-electron chi connectivity index (χ3n) is 2.73. The SMILES string of the molecule is COC1CN(Cc2ccc(N)c(Cl)c2)C1. The lowest BCUT2D eigenvalue weighted by Gasteiger charge is -2.38. The Kier molecular flexibility index (Phi) is 3.14. The zero-order valence-electron chi connectivity index (χ0n) is 8.74. The van der Waals surface area contributed by atoms with Crippen molar-refractivity contribution in [1.29, 1.82) is 0 Å². The minimum absolute atomic E-state index is 0.397. The van der Waals surface area contributed by atoms with E-state index in [0.717, 1.165) is 19.6 Å². The third kappa shape index (κ3) is 2.43. The number of hydrogen-bond donors (Lipinski definition) is 1. The van der Waals surface area contributed by atoms with Gasteiger partial charge in [-0.25, -0.2) is 0 Å². The molecule has 1 saturated heterocycles. The molecule has 0 radical (unpaired) electrons. The molecule has 4 heteroatoms. The number of rotatable bonds is 3. The molecule has 82 valence electrons. The highest BCUT2D eigenvalue weighted by atomic mass is 35.5. The number of nitrogens with two attached hydrogens (primary N) is 1. The van der Waals surface area contributed by atoms with Crippen LogP contribution in [0.25, 0.3) is 0 Å². The summed E-state index contributed by atoms with van der Waals surface area (Å²) in [4.78, 5) is 2.32. The quantitative estimate of drug-likeness (QED) is 0.799. The highest BCUT2D eigenvalue weighted by molar-refractivity contribution is 6.33. The van der Waals surface area contributed by atoms with Crippen LogP contribution in [0.1, 0.15) is 5.56 Å². The van der Waals surface area contributed by atoms with Crippen molar-refractivity contribution >= 4 is 17.3 Å². The third-order valence-corrected chi connectivity index (χ3v) is 3.06. The van der Waals surface area contributed by atoms with E-state index in [4.69, 9.17) is 22.1 Å². The molecule has 1 aliphatic rings. The van der Waals surface area contributed by atoms with E-state index in [9.17, 15) is 0 Å². The molecular weight excluding hydrogens is 212 g/mol. The lowest BCUT2D eigenvalue weighted by molar-refractivity contribution is -0.0333. The predicted octanol–water partition coefficient (Wildman–Crippen LogP) is 1.75. The van der Waals surface area contributed by atoms with Gasteiger partial charge in [-0.2, -0.15) is 0 Å². The number of nitrogens with zero attached hydrogens (tertiary/aromatic N) is 1. The average molecular weight is 227 g/mol. The van der Waals surface area contributed by atoms with Gasteiger partial charge in [0, 0.05) is 26.7 Å². The van der Waals surface area contributed by atoms with Crippen molar-refractivity contribution in [3.05, 3.63) is 28.8 Å². The molecule has 1 aromatic carbocycles. The maximum atomic E-state index is 5.95. The van der Waals surface area contributed by atoms with Crippen LogP contribution in [0.15, 0.2) is 18.2 Å². The van der Waals surface area contributed by atoms with Gasteiger partial charge in [0.05, 0.1) is 16.8 Å². The van der Waals surface area contributed by atoms with Gasteiger partial charge >= 0.3 is 0 Å². The molecule has 3 nitrogen and oxygen atoms in total. The van der Waals surface area contributed by atoms with Crippen molar-refractivity contribution in [2.75, 3.05) is 25.9 Å². The summed E-state index contributed by atoms with van der Waals surface area (Å²) in [6.07, 6.45) is 0.397. The summed E-state index contributed by atoms with van der Waals surface area (Å²) in [5.41, 5.74) is 7.48. The second-order valence-electron chi connectivity index (χ2n) is 3.91. The van der Waals surface area contributed by atoms with E-state index in [-0.39, 0.29) is 0 Å². The zero-order chi connectivity index (χ0) is 10.8. The molecular formula is C11H15ClN2O. The molecule has 2 rings (SSSR count). The van der Waals surface area contributed by atoms with Gasteiger partial charge in [0.15, 0.2) is 0 Å². The van der Waals surface area contributed by atoms with Gasteiger partial charge in [-0.3, -0.25) is 4.90 Å². The number of anilines is 1. The zero-order valence-corrected chi connectivity index (χ0v) is 9.50. The minimum atomic E-state index is 0.397. The fraction of sp³-hybridized carbons (Fsp3) is 0.455. The first-order valence-corrected chi connectivity index (χ1v) is 5.36. The van der Waals surface area contributed by atoms with Gasteiger partial charge in [-0.05, 0) is 17.7 Å². The number of methoxy groups -OCH3 is 1. The topological polar surface area (TPSA) is 38.5 Å². The van der Waals surface area contributed by atoms with Gasteiger partial charge in [0.25, 0.3) is 0 Å². The van der Waals surface area contributed by atoms with E-state index < -0.39 is 0 Å². The van der Waals surface area contributed by atoms with Crippen molar-refractivity contribution in [3.63, 3.8) is 0 Å². The van der Waals surface area contributed by atoms with E-state index in [1.165, 1.54) is 5.56 Å². The number of hydrogen-bond acceptors (Lipinski definition) is 3. The Balaban J connectivity index is 1.92. The molecule has 0 unspecified atom stereocenters. The molecule has 0 spiro atoms. The van der Waals surface area contributed by atoms with Crippen LogP contribution in [0.2, 0.25) is 5.02 Å². The van der Waals surface area contributed by atoms with Crippen LogP contribution >= 0.6 is 11.6 Å². The summed E-state index contributed by atoms with van der Waals surface area (Å²) in [5.74, 6) is 0. The molecule has 2 N–H and O–H groups in total. The summed E-state index contributed by atoms with van der Waals surface area (Å²) >= 11 is 5.95. The monoisotopic (exact) mass is 226 g/mol. The van der Waals surface area contributed by atoms with Crippen molar-refractivity contribution < 1.29 is 4.74 Å². The van der Waals surface area contributed by atoms with E-state index in [1.807, 2.05) is 18.2 Å². The molecule has 1 aliphatic heterocycles. The summed E-state index contributed by atoms with van der Waals surface area (Å²) in [5, 5.41) is 0.635. The van der Waals surface area contributed by atoms with Crippen LogP contribution in [0.4, 0.5) is 5.69 Å². The number of ether oxygens (including phenoxy) is 1. The van der Waals surface area contributed by atoms with Gasteiger partial charge in [-0.15, -0.1) is 0 Å². The molecule has 15 heavy (non-hydrogen) atoms. The smallest absolute Gasteiger partial charge is 0.0825 e. The molecule has 0 bridgehead atoms. The number of nitrogen functional groups attached to an aromatic ring is 1. The Hall–Kier alpha value is -0.770. The minimum Gasteiger partial charge on any atom is -0.398 e. The highest BCUT2D eigenvalue weighted by Gasteiger charge is 2.25. The van der Waals surface area contributed by atoms with Crippen LogP contribution in [0, 0.1) is 0 Å². The molecule has 1 heterocycles. The Morgan fingerprint density at radius 2 is 2.27 bits per heavy atom. The molecule has 0 atom stereocenters. The predicted molar refractivity (Wildman–Crippen MR) is 61.9 cm³/mol. The van der Waals surface area contributed by atoms with E-state index in [2.05, 4.69) is 4.90 Å². The fourth-order valence-corrected chi connectivity index (χ4v) is 1.93. The Labute approximate surface area is 94.8 Å². The van der Waals surface area contributed by atoms with Crippen molar-refractivity contribution in [3.8, 4) is 0 Å². The van der Waals surface area contributed by atoms with Crippen LogP contribution < -0.4 is 5.73 Å². The highest BCUT2D eigenvalue weighted by Crippen LogP contribution is 2.22. The molecule has 0 aliphatic carbocycles. The van der Waals surface area contributed by atoms with Crippen LogP contribution in [0.5, 0.6) is 0 Å². The normalized spacial score (nSPS) is 17.7. The van der Waals surface area contributed by atoms with Crippen LogP contribution in [-0.4, -0.2) is 31.2 Å². The molecule has 0 saturated carbocycles. The van der Waals surface area contributed by atoms with Crippen molar-refractivity contribution in [1.82, 2.24) is 4.90 Å².